The van der Waals surface area contributed by atoms with Crippen molar-refractivity contribution in [1.29, 1.82) is 0 Å². The van der Waals surface area contributed by atoms with E-state index in [1.165, 1.54) is 0 Å². The highest BCUT2D eigenvalue weighted by Gasteiger charge is 2.23. The number of imidazole rings is 1. The zero-order chi connectivity index (χ0) is 12.4. The summed E-state index contributed by atoms with van der Waals surface area (Å²) in [6, 6.07) is 7.30. The average molecular weight is 232 g/mol. The van der Waals surface area contributed by atoms with Gasteiger partial charge in [-0.05, 0) is 19.1 Å². The molecule has 2 aromatic rings. The molecule has 0 amide bonds. The first-order valence-electron chi connectivity index (χ1n) is 5.28. The van der Waals surface area contributed by atoms with E-state index in [-0.39, 0.29) is 12.4 Å². The Morgan fingerprint density at radius 3 is 2.71 bits per heavy atom. The van der Waals surface area contributed by atoms with E-state index in [4.69, 9.17) is 0 Å². The van der Waals surface area contributed by atoms with Gasteiger partial charge >= 0.3 is 11.8 Å². The average Bonchev–Trinajstić information content (AvgIpc) is 2.67. The van der Waals surface area contributed by atoms with Crippen molar-refractivity contribution in [3.05, 3.63) is 30.1 Å². The van der Waals surface area contributed by atoms with Crippen LogP contribution in [0.4, 0.5) is 0 Å². The number of nitrogens with zero attached hydrogens (tertiary/aromatic N) is 2. The van der Waals surface area contributed by atoms with Crippen LogP contribution in [0.1, 0.15) is 17.5 Å². The minimum atomic E-state index is -0.870. The van der Waals surface area contributed by atoms with Crippen LogP contribution in [-0.2, 0) is 16.6 Å². The number of Topliss-reactive ketones (excluding diaryl/α,β-unsaturated/α-hetero) is 1. The Morgan fingerprint density at radius 1 is 1.35 bits per heavy atom. The fraction of sp³-hybridized carbons (Fsp3) is 0.250. The molecule has 0 aliphatic heterocycles. The molecular formula is C12H12N2O3. The van der Waals surface area contributed by atoms with E-state index in [9.17, 15) is 9.59 Å². The third-order valence-electron chi connectivity index (χ3n) is 2.45. The molecule has 0 saturated heterocycles. The van der Waals surface area contributed by atoms with Gasteiger partial charge in [-0.1, -0.05) is 12.1 Å². The first-order valence-corrected chi connectivity index (χ1v) is 5.28. The summed E-state index contributed by atoms with van der Waals surface area (Å²) in [5, 5.41) is 0. The molecule has 0 saturated carbocycles. The topological polar surface area (TPSA) is 61.2 Å². The lowest BCUT2D eigenvalue weighted by atomic mass is 10.3. The van der Waals surface area contributed by atoms with Gasteiger partial charge in [-0.3, -0.25) is 4.79 Å². The molecular weight excluding hydrogens is 220 g/mol. The Balaban J connectivity index is 2.46. The molecule has 1 aromatic carbocycles. The van der Waals surface area contributed by atoms with E-state index in [1.54, 1.807) is 24.6 Å². The van der Waals surface area contributed by atoms with Gasteiger partial charge in [0.1, 0.15) is 0 Å². The Hall–Kier alpha value is -2.17. The third kappa shape index (κ3) is 1.91. The zero-order valence-electron chi connectivity index (χ0n) is 9.64. The number of aromatic nitrogens is 2. The molecule has 0 unspecified atom stereocenters. The highest BCUT2D eigenvalue weighted by molar-refractivity contribution is 6.39. The highest BCUT2D eigenvalue weighted by Crippen LogP contribution is 2.14. The fourth-order valence-corrected chi connectivity index (χ4v) is 1.64. The van der Waals surface area contributed by atoms with E-state index in [0.717, 1.165) is 5.52 Å². The zero-order valence-corrected chi connectivity index (χ0v) is 9.64. The number of hydrogen-bond donors (Lipinski definition) is 0. The molecule has 0 atom stereocenters. The van der Waals surface area contributed by atoms with E-state index in [2.05, 4.69) is 9.72 Å². The van der Waals surface area contributed by atoms with Crippen LogP contribution >= 0.6 is 0 Å². The second-order valence-corrected chi connectivity index (χ2v) is 3.53. The van der Waals surface area contributed by atoms with Crippen LogP contribution in [0, 0.1) is 0 Å². The van der Waals surface area contributed by atoms with Gasteiger partial charge in [-0.15, -0.1) is 0 Å². The Morgan fingerprint density at radius 2 is 2.06 bits per heavy atom. The molecule has 5 nitrogen and oxygen atoms in total. The van der Waals surface area contributed by atoms with Crippen molar-refractivity contribution in [3.8, 4) is 0 Å². The Bertz CT molecular complexity index is 586. The molecule has 0 aliphatic carbocycles. The molecule has 1 aromatic heterocycles. The molecule has 0 spiro atoms. The normalized spacial score (nSPS) is 10.5. The van der Waals surface area contributed by atoms with E-state index in [0.29, 0.717) is 5.52 Å². The third-order valence-corrected chi connectivity index (χ3v) is 2.45. The van der Waals surface area contributed by atoms with Crippen LogP contribution in [-0.4, -0.2) is 27.9 Å². The number of rotatable bonds is 3. The molecule has 1 heterocycles. The molecule has 5 heteroatoms. The van der Waals surface area contributed by atoms with Crippen molar-refractivity contribution in [3.63, 3.8) is 0 Å². The number of fused-ring (bicyclic) bond motifs is 1. The second-order valence-electron chi connectivity index (χ2n) is 3.53. The van der Waals surface area contributed by atoms with Crippen molar-refractivity contribution in [2.45, 2.75) is 6.92 Å². The van der Waals surface area contributed by atoms with Crippen LogP contribution in [0.25, 0.3) is 11.0 Å². The fourth-order valence-electron chi connectivity index (χ4n) is 1.64. The van der Waals surface area contributed by atoms with Gasteiger partial charge < -0.3 is 9.30 Å². The van der Waals surface area contributed by atoms with Crippen LogP contribution in [0.15, 0.2) is 24.3 Å². The number of carbonyl (C=O) groups is 2. The number of aryl methyl sites for hydroxylation is 1. The first kappa shape index (κ1) is 11.3. The smallest absolute Gasteiger partial charge is 0.383 e. The molecule has 17 heavy (non-hydrogen) atoms. The molecule has 0 aliphatic rings. The summed E-state index contributed by atoms with van der Waals surface area (Å²) in [5.41, 5.74) is 1.49. The second kappa shape index (κ2) is 4.37. The van der Waals surface area contributed by atoms with E-state index in [1.807, 2.05) is 18.2 Å². The molecule has 88 valence electrons. The number of esters is 1. The summed E-state index contributed by atoms with van der Waals surface area (Å²) in [5.74, 6) is -1.49. The van der Waals surface area contributed by atoms with Crippen LogP contribution in [0.3, 0.4) is 0 Å². The quantitative estimate of drug-likeness (QED) is 0.455. The molecule has 0 N–H and O–H groups in total. The predicted molar refractivity (Wildman–Crippen MR) is 61.7 cm³/mol. The van der Waals surface area contributed by atoms with Gasteiger partial charge in [0.15, 0.2) is 5.82 Å². The minimum absolute atomic E-state index is 0.102. The summed E-state index contributed by atoms with van der Waals surface area (Å²) in [6.07, 6.45) is 0. The number of carbonyl (C=O) groups excluding carboxylic acids is 2. The summed E-state index contributed by atoms with van der Waals surface area (Å²) in [4.78, 5) is 27.2. The minimum Gasteiger partial charge on any atom is -0.460 e. The van der Waals surface area contributed by atoms with E-state index >= 15 is 0 Å². The summed E-state index contributed by atoms with van der Waals surface area (Å²) in [6.45, 7) is 1.83. The molecule has 0 radical (unpaired) electrons. The van der Waals surface area contributed by atoms with Gasteiger partial charge in [0.05, 0.1) is 17.6 Å². The van der Waals surface area contributed by atoms with Gasteiger partial charge in [-0.2, -0.15) is 0 Å². The maximum Gasteiger partial charge on any atom is 0.383 e. The van der Waals surface area contributed by atoms with Crippen LogP contribution < -0.4 is 0 Å². The lowest BCUT2D eigenvalue weighted by molar-refractivity contribution is -0.137. The largest absolute Gasteiger partial charge is 0.460 e. The lowest BCUT2D eigenvalue weighted by Gasteiger charge is -2.01. The van der Waals surface area contributed by atoms with Gasteiger partial charge in [0.2, 0.25) is 0 Å². The predicted octanol–water partition coefficient (Wildman–Crippen LogP) is 1.32. The number of hydrogen-bond acceptors (Lipinski definition) is 4. The van der Waals surface area contributed by atoms with Crippen molar-refractivity contribution >= 4 is 22.8 Å². The maximum atomic E-state index is 11.8. The van der Waals surface area contributed by atoms with Crippen molar-refractivity contribution in [1.82, 2.24) is 9.55 Å². The van der Waals surface area contributed by atoms with Gasteiger partial charge in [0, 0.05) is 7.05 Å². The van der Waals surface area contributed by atoms with Crippen molar-refractivity contribution in [2.24, 2.45) is 7.05 Å². The van der Waals surface area contributed by atoms with Crippen molar-refractivity contribution in [2.75, 3.05) is 6.61 Å². The van der Waals surface area contributed by atoms with Gasteiger partial charge in [0.25, 0.3) is 0 Å². The Kier molecular flexibility index (Phi) is 2.91. The van der Waals surface area contributed by atoms with Crippen LogP contribution in [0.5, 0.6) is 0 Å². The summed E-state index contributed by atoms with van der Waals surface area (Å²) in [7, 11) is 1.70. The SMILES string of the molecule is CCOC(=O)C(=O)c1nc2ccccc2n1C. The maximum absolute atomic E-state index is 11.8. The molecule has 0 bridgehead atoms. The summed E-state index contributed by atoms with van der Waals surface area (Å²) < 4.78 is 6.26. The summed E-state index contributed by atoms with van der Waals surface area (Å²) >= 11 is 0. The van der Waals surface area contributed by atoms with Crippen LogP contribution in [0.2, 0.25) is 0 Å². The molecule has 2 rings (SSSR count). The van der Waals surface area contributed by atoms with E-state index < -0.39 is 11.8 Å². The molecule has 0 fully saturated rings. The number of para-hydroxylation sites is 2. The number of ether oxygens (including phenoxy) is 1. The first-order chi connectivity index (χ1) is 8.15. The number of ketones is 1. The standard InChI is InChI=1S/C12H12N2O3/c1-3-17-12(16)10(15)11-13-8-6-4-5-7-9(8)14(11)2/h4-7H,3H2,1-2H3. The van der Waals surface area contributed by atoms with Gasteiger partial charge in [-0.25, -0.2) is 9.78 Å². The number of benzene rings is 1. The lowest BCUT2D eigenvalue weighted by Crippen LogP contribution is -2.21. The Labute approximate surface area is 98.0 Å². The highest BCUT2D eigenvalue weighted by atomic mass is 16.5. The van der Waals surface area contributed by atoms with Crippen molar-refractivity contribution < 1.29 is 14.3 Å². The monoisotopic (exact) mass is 232 g/mol.